The van der Waals surface area contributed by atoms with E-state index in [1.165, 1.54) is 11.3 Å². The summed E-state index contributed by atoms with van der Waals surface area (Å²) in [6.45, 7) is 0.415. The summed E-state index contributed by atoms with van der Waals surface area (Å²) in [6, 6.07) is 9.83. The molecule has 4 nitrogen and oxygen atoms in total. The van der Waals surface area contributed by atoms with Gasteiger partial charge in [-0.15, -0.1) is 10.2 Å². The van der Waals surface area contributed by atoms with Gasteiger partial charge in [-0.1, -0.05) is 29.5 Å². The first kappa shape index (κ1) is 9.50. The SMILES string of the molecule is NCc1nnc(-c2cc3ccccc3o2)s1. The molecule has 16 heavy (non-hydrogen) atoms. The maximum absolute atomic E-state index is 5.68. The van der Waals surface area contributed by atoms with E-state index in [1.54, 1.807) is 0 Å². The molecular weight excluding hydrogens is 222 g/mol. The van der Waals surface area contributed by atoms with E-state index in [-0.39, 0.29) is 0 Å². The van der Waals surface area contributed by atoms with Crippen LogP contribution in [-0.4, -0.2) is 10.2 Å². The number of benzene rings is 1. The third-order valence-electron chi connectivity index (χ3n) is 2.28. The van der Waals surface area contributed by atoms with Crippen molar-refractivity contribution in [1.29, 1.82) is 0 Å². The normalized spacial score (nSPS) is 11.1. The highest BCUT2D eigenvalue weighted by molar-refractivity contribution is 7.14. The fourth-order valence-electron chi connectivity index (χ4n) is 1.52. The standard InChI is InChI=1S/C11H9N3OS/c12-6-10-13-14-11(16-10)9-5-7-3-1-2-4-8(7)15-9/h1-5H,6,12H2. The van der Waals surface area contributed by atoms with Crippen molar-refractivity contribution in [1.82, 2.24) is 10.2 Å². The summed E-state index contributed by atoms with van der Waals surface area (Å²) < 4.78 is 5.68. The molecule has 0 saturated carbocycles. The van der Waals surface area contributed by atoms with E-state index in [9.17, 15) is 0 Å². The van der Waals surface area contributed by atoms with Gasteiger partial charge in [-0.25, -0.2) is 0 Å². The Labute approximate surface area is 95.7 Å². The Kier molecular flexibility index (Phi) is 2.19. The molecular formula is C11H9N3OS. The smallest absolute Gasteiger partial charge is 0.183 e. The molecule has 2 heterocycles. The van der Waals surface area contributed by atoms with Crippen LogP contribution in [0, 0.1) is 0 Å². The van der Waals surface area contributed by atoms with E-state index in [1.807, 2.05) is 30.3 Å². The van der Waals surface area contributed by atoms with Crippen molar-refractivity contribution in [3.63, 3.8) is 0 Å². The lowest BCUT2D eigenvalue weighted by Gasteiger charge is -1.85. The number of furan rings is 1. The Hall–Kier alpha value is -1.72. The van der Waals surface area contributed by atoms with Crippen molar-refractivity contribution in [2.45, 2.75) is 6.54 Å². The molecule has 0 amide bonds. The van der Waals surface area contributed by atoms with Crippen LogP contribution < -0.4 is 5.73 Å². The second kappa shape index (κ2) is 3.70. The van der Waals surface area contributed by atoms with Crippen molar-refractivity contribution in [2.75, 3.05) is 0 Å². The lowest BCUT2D eigenvalue weighted by atomic mass is 10.2. The number of para-hydroxylation sites is 1. The Balaban J connectivity index is 2.11. The van der Waals surface area contributed by atoms with Crippen LogP contribution >= 0.6 is 11.3 Å². The molecule has 0 saturated heterocycles. The van der Waals surface area contributed by atoms with Crippen molar-refractivity contribution in [3.8, 4) is 10.8 Å². The minimum Gasteiger partial charge on any atom is -0.453 e. The summed E-state index contributed by atoms with van der Waals surface area (Å²) in [5.41, 5.74) is 6.36. The lowest BCUT2D eigenvalue weighted by molar-refractivity contribution is 0.630. The van der Waals surface area contributed by atoms with E-state index < -0.39 is 0 Å². The maximum atomic E-state index is 5.68. The summed E-state index contributed by atoms with van der Waals surface area (Å²) >= 11 is 1.46. The van der Waals surface area contributed by atoms with E-state index in [0.29, 0.717) is 6.54 Å². The number of nitrogens with two attached hydrogens (primary N) is 1. The van der Waals surface area contributed by atoms with Crippen molar-refractivity contribution in [3.05, 3.63) is 35.3 Å². The van der Waals surface area contributed by atoms with Gasteiger partial charge in [0.25, 0.3) is 0 Å². The van der Waals surface area contributed by atoms with Crippen LogP contribution in [0.3, 0.4) is 0 Å². The predicted octanol–water partition coefficient (Wildman–Crippen LogP) is 2.41. The van der Waals surface area contributed by atoms with Crippen LogP contribution in [0.15, 0.2) is 34.7 Å². The minimum atomic E-state index is 0.415. The van der Waals surface area contributed by atoms with Crippen LogP contribution in [-0.2, 0) is 6.54 Å². The van der Waals surface area contributed by atoms with Gasteiger partial charge in [0.2, 0.25) is 0 Å². The van der Waals surface area contributed by atoms with Crippen LogP contribution in [0.1, 0.15) is 5.01 Å². The number of rotatable bonds is 2. The topological polar surface area (TPSA) is 64.9 Å². The van der Waals surface area contributed by atoms with Gasteiger partial charge in [0, 0.05) is 11.9 Å². The van der Waals surface area contributed by atoms with Gasteiger partial charge >= 0.3 is 0 Å². The molecule has 0 aliphatic rings. The second-order valence-corrected chi connectivity index (χ2v) is 4.42. The molecule has 0 fully saturated rings. The number of hydrogen-bond donors (Lipinski definition) is 1. The highest BCUT2D eigenvalue weighted by Gasteiger charge is 2.10. The summed E-state index contributed by atoms with van der Waals surface area (Å²) in [7, 11) is 0. The Morgan fingerprint density at radius 2 is 2.12 bits per heavy atom. The fraction of sp³-hybridized carbons (Fsp3) is 0.0909. The molecule has 1 aromatic carbocycles. The zero-order valence-corrected chi connectivity index (χ0v) is 9.20. The van der Waals surface area contributed by atoms with Crippen LogP contribution in [0.4, 0.5) is 0 Å². The number of fused-ring (bicyclic) bond motifs is 1. The molecule has 3 aromatic rings. The average molecular weight is 231 g/mol. The van der Waals surface area contributed by atoms with E-state index >= 15 is 0 Å². The molecule has 80 valence electrons. The quantitative estimate of drug-likeness (QED) is 0.735. The molecule has 0 spiro atoms. The van der Waals surface area contributed by atoms with E-state index in [2.05, 4.69) is 10.2 Å². The molecule has 2 N–H and O–H groups in total. The van der Waals surface area contributed by atoms with Gasteiger partial charge in [0.15, 0.2) is 10.8 Å². The summed E-state index contributed by atoms with van der Waals surface area (Å²) in [6.07, 6.45) is 0. The second-order valence-electron chi connectivity index (χ2n) is 3.35. The van der Waals surface area contributed by atoms with Crippen LogP contribution in [0.5, 0.6) is 0 Å². The molecule has 0 aliphatic carbocycles. The number of aromatic nitrogens is 2. The number of nitrogens with zero attached hydrogens (tertiary/aromatic N) is 2. The maximum Gasteiger partial charge on any atom is 0.183 e. The van der Waals surface area contributed by atoms with Gasteiger partial charge in [-0.2, -0.15) is 0 Å². The first-order valence-electron chi connectivity index (χ1n) is 4.88. The molecule has 0 unspecified atom stereocenters. The van der Waals surface area contributed by atoms with Crippen molar-refractivity contribution >= 4 is 22.3 Å². The molecule has 0 aliphatic heterocycles. The first-order chi connectivity index (χ1) is 7.86. The van der Waals surface area contributed by atoms with Crippen molar-refractivity contribution < 1.29 is 4.42 Å². The summed E-state index contributed by atoms with van der Waals surface area (Å²) in [5, 5.41) is 10.7. The third-order valence-corrected chi connectivity index (χ3v) is 3.24. The van der Waals surface area contributed by atoms with Gasteiger partial charge in [0.1, 0.15) is 10.6 Å². The molecule has 0 bridgehead atoms. The van der Waals surface area contributed by atoms with Gasteiger partial charge in [-0.3, -0.25) is 0 Å². The van der Waals surface area contributed by atoms with E-state index in [4.69, 9.17) is 10.2 Å². The molecule has 0 radical (unpaired) electrons. The van der Waals surface area contributed by atoms with Crippen LogP contribution in [0.2, 0.25) is 0 Å². The number of hydrogen-bond acceptors (Lipinski definition) is 5. The van der Waals surface area contributed by atoms with Gasteiger partial charge in [0.05, 0.1) is 0 Å². The predicted molar refractivity (Wildman–Crippen MR) is 63.0 cm³/mol. The molecule has 5 heteroatoms. The first-order valence-corrected chi connectivity index (χ1v) is 5.70. The summed E-state index contributed by atoms with van der Waals surface area (Å²) in [4.78, 5) is 0. The molecule has 0 atom stereocenters. The zero-order chi connectivity index (χ0) is 11.0. The largest absolute Gasteiger partial charge is 0.453 e. The Morgan fingerprint density at radius 3 is 2.88 bits per heavy atom. The molecule has 2 aromatic heterocycles. The van der Waals surface area contributed by atoms with Crippen molar-refractivity contribution in [2.24, 2.45) is 5.73 Å². The van der Waals surface area contributed by atoms with Gasteiger partial charge in [-0.05, 0) is 12.1 Å². The zero-order valence-electron chi connectivity index (χ0n) is 8.38. The van der Waals surface area contributed by atoms with Gasteiger partial charge < -0.3 is 10.2 Å². The van der Waals surface area contributed by atoms with E-state index in [0.717, 1.165) is 26.7 Å². The minimum absolute atomic E-state index is 0.415. The third kappa shape index (κ3) is 1.50. The van der Waals surface area contributed by atoms with Crippen LogP contribution in [0.25, 0.3) is 21.7 Å². The fourth-order valence-corrected chi connectivity index (χ4v) is 2.19. The summed E-state index contributed by atoms with van der Waals surface area (Å²) in [5.74, 6) is 0.749. The Morgan fingerprint density at radius 1 is 1.25 bits per heavy atom. The highest BCUT2D eigenvalue weighted by Crippen LogP contribution is 2.29. The highest BCUT2D eigenvalue weighted by atomic mass is 32.1. The Bertz CT molecular complexity index is 596. The monoisotopic (exact) mass is 231 g/mol. The lowest BCUT2D eigenvalue weighted by Crippen LogP contribution is -1.94. The molecule has 3 rings (SSSR count). The average Bonchev–Trinajstić information content (AvgIpc) is 2.95.